The van der Waals surface area contributed by atoms with Gasteiger partial charge in [0.05, 0.1) is 16.0 Å². The van der Waals surface area contributed by atoms with Crippen molar-refractivity contribution in [1.29, 1.82) is 0 Å². The Labute approximate surface area is 108 Å². The molecule has 0 unspecified atom stereocenters. The first-order chi connectivity index (χ1) is 8.66. The second kappa shape index (κ2) is 4.03. The van der Waals surface area contributed by atoms with Gasteiger partial charge in [-0.05, 0) is 26.0 Å². The Kier molecular flexibility index (Phi) is 2.48. The fourth-order valence-electron chi connectivity index (χ4n) is 1.96. The lowest BCUT2D eigenvalue weighted by molar-refractivity contribution is 0.0959. The van der Waals surface area contributed by atoms with Gasteiger partial charge >= 0.3 is 0 Å². The summed E-state index contributed by atoms with van der Waals surface area (Å²) in [4.78, 5) is 21.9. The summed E-state index contributed by atoms with van der Waals surface area (Å²) in [5.41, 5.74) is 2.14. The first kappa shape index (κ1) is 11.1. The number of imidazole rings is 1. The Morgan fingerprint density at radius 3 is 2.78 bits per heavy atom. The lowest BCUT2D eigenvalue weighted by Gasteiger charge is -2.00. The maximum Gasteiger partial charge on any atom is 0.283 e. The summed E-state index contributed by atoms with van der Waals surface area (Å²) in [5, 5.41) is 0.903. The summed E-state index contributed by atoms with van der Waals surface area (Å²) in [5.74, 6) is -0.120. The minimum Gasteiger partial charge on any atom is -0.266 e. The van der Waals surface area contributed by atoms with Gasteiger partial charge in [0.2, 0.25) is 0 Å². The van der Waals surface area contributed by atoms with E-state index in [1.165, 1.54) is 11.3 Å². The van der Waals surface area contributed by atoms with Gasteiger partial charge in [-0.1, -0.05) is 12.1 Å². The van der Waals surface area contributed by atoms with E-state index in [1.54, 1.807) is 10.9 Å². The average Bonchev–Trinajstić information content (AvgIpc) is 2.92. The van der Waals surface area contributed by atoms with Crippen LogP contribution in [0.15, 0.2) is 30.6 Å². The van der Waals surface area contributed by atoms with Crippen LogP contribution < -0.4 is 0 Å². The SMILES string of the molecule is Cc1nc(C(=O)n2cnc3ccccc32)c(C)s1. The van der Waals surface area contributed by atoms with Crippen molar-refractivity contribution in [3.63, 3.8) is 0 Å². The van der Waals surface area contributed by atoms with Gasteiger partial charge in [0.15, 0.2) is 0 Å². The van der Waals surface area contributed by atoms with Crippen molar-refractivity contribution in [1.82, 2.24) is 14.5 Å². The largest absolute Gasteiger partial charge is 0.283 e. The lowest BCUT2D eigenvalue weighted by Crippen LogP contribution is -2.12. The Bertz CT molecular complexity index is 742. The average molecular weight is 257 g/mol. The van der Waals surface area contributed by atoms with E-state index in [0.717, 1.165) is 20.9 Å². The summed E-state index contributed by atoms with van der Waals surface area (Å²) in [7, 11) is 0. The molecule has 0 aliphatic carbocycles. The van der Waals surface area contributed by atoms with Gasteiger partial charge in [0.1, 0.15) is 12.0 Å². The van der Waals surface area contributed by atoms with Gasteiger partial charge in [-0.3, -0.25) is 9.36 Å². The third kappa shape index (κ3) is 1.64. The summed E-state index contributed by atoms with van der Waals surface area (Å²) < 4.78 is 1.55. The number of fused-ring (bicyclic) bond motifs is 1. The van der Waals surface area contributed by atoms with Crippen LogP contribution in [0.4, 0.5) is 0 Å². The van der Waals surface area contributed by atoms with E-state index in [2.05, 4.69) is 9.97 Å². The smallest absolute Gasteiger partial charge is 0.266 e. The molecule has 0 bridgehead atoms. The first-order valence-electron chi connectivity index (χ1n) is 5.57. The summed E-state index contributed by atoms with van der Waals surface area (Å²) >= 11 is 1.53. The van der Waals surface area contributed by atoms with Crippen molar-refractivity contribution in [2.45, 2.75) is 13.8 Å². The zero-order chi connectivity index (χ0) is 12.7. The topological polar surface area (TPSA) is 47.8 Å². The monoisotopic (exact) mass is 257 g/mol. The number of rotatable bonds is 1. The number of carbonyl (C=O) groups is 1. The van der Waals surface area contributed by atoms with Gasteiger partial charge < -0.3 is 0 Å². The third-order valence-electron chi connectivity index (χ3n) is 2.78. The Morgan fingerprint density at radius 2 is 2.06 bits per heavy atom. The van der Waals surface area contributed by atoms with Crippen molar-refractivity contribution in [3.8, 4) is 0 Å². The van der Waals surface area contributed by atoms with Crippen molar-refractivity contribution in [3.05, 3.63) is 46.2 Å². The van der Waals surface area contributed by atoms with Crippen LogP contribution in [0.25, 0.3) is 11.0 Å². The molecule has 0 saturated carbocycles. The molecular weight excluding hydrogens is 246 g/mol. The van der Waals surface area contributed by atoms with Crippen LogP contribution in [-0.2, 0) is 0 Å². The number of hydrogen-bond acceptors (Lipinski definition) is 4. The number of hydrogen-bond donors (Lipinski definition) is 0. The fraction of sp³-hybridized carbons (Fsp3) is 0.154. The molecule has 90 valence electrons. The van der Waals surface area contributed by atoms with Crippen molar-refractivity contribution < 1.29 is 4.79 Å². The van der Waals surface area contributed by atoms with Crippen LogP contribution in [0.5, 0.6) is 0 Å². The molecule has 2 heterocycles. The Morgan fingerprint density at radius 1 is 1.28 bits per heavy atom. The predicted octanol–water partition coefficient (Wildman–Crippen LogP) is 2.80. The molecule has 2 aromatic heterocycles. The number of para-hydroxylation sites is 2. The van der Waals surface area contributed by atoms with Crippen LogP contribution in [-0.4, -0.2) is 20.4 Å². The summed E-state index contributed by atoms with van der Waals surface area (Å²) in [6, 6.07) is 7.57. The van der Waals surface area contributed by atoms with E-state index in [4.69, 9.17) is 0 Å². The van der Waals surface area contributed by atoms with Gasteiger partial charge in [-0.2, -0.15) is 0 Å². The van der Waals surface area contributed by atoms with Gasteiger partial charge in [0.25, 0.3) is 5.91 Å². The zero-order valence-electron chi connectivity index (χ0n) is 10.0. The number of nitrogens with zero attached hydrogens (tertiary/aromatic N) is 3. The molecule has 0 radical (unpaired) electrons. The summed E-state index contributed by atoms with van der Waals surface area (Å²) in [6.45, 7) is 3.82. The zero-order valence-corrected chi connectivity index (χ0v) is 10.9. The van der Waals surface area contributed by atoms with Gasteiger partial charge in [-0.25, -0.2) is 9.97 Å². The Hall–Kier alpha value is -2.01. The van der Waals surface area contributed by atoms with Gasteiger partial charge in [-0.15, -0.1) is 11.3 Å². The van der Waals surface area contributed by atoms with Crippen LogP contribution >= 0.6 is 11.3 Å². The molecule has 0 spiro atoms. The molecule has 5 heteroatoms. The molecule has 0 aliphatic heterocycles. The maximum absolute atomic E-state index is 12.4. The number of aromatic nitrogens is 3. The molecule has 4 nitrogen and oxygen atoms in total. The molecule has 1 aromatic carbocycles. The lowest BCUT2D eigenvalue weighted by atomic mass is 10.3. The second-order valence-electron chi connectivity index (χ2n) is 4.05. The van der Waals surface area contributed by atoms with E-state index in [9.17, 15) is 4.79 Å². The van der Waals surface area contributed by atoms with E-state index >= 15 is 0 Å². The fourth-order valence-corrected chi connectivity index (χ4v) is 2.77. The minimum absolute atomic E-state index is 0.120. The highest BCUT2D eigenvalue weighted by molar-refractivity contribution is 7.11. The standard InChI is InChI=1S/C13H11N3OS/c1-8-12(15-9(2)18-8)13(17)16-7-14-10-5-3-4-6-11(10)16/h3-7H,1-2H3. The van der Waals surface area contributed by atoms with E-state index < -0.39 is 0 Å². The normalized spacial score (nSPS) is 11.0. The molecule has 0 atom stereocenters. The van der Waals surface area contributed by atoms with Crippen molar-refractivity contribution in [2.75, 3.05) is 0 Å². The quantitative estimate of drug-likeness (QED) is 0.673. The number of aryl methyl sites for hydroxylation is 2. The van der Waals surface area contributed by atoms with Crippen molar-refractivity contribution >= 4 is 28.3 Å². The molecule has 3 aromatic rings. The number of benzene rings is 1. The van der Waals surface area contributed by atoms with E-state index in [0.29, 0.717) is 5.69 Å². The Balaban J connectivity index is 2.15. The first-order valence-corrected chi connectivity index (χ1v) is 6.39. The molecule has 18 heavy (non-hydrogen) atoms. The maximum atomic E-state index is 12.4. The molecule has 0 fully saturated rings. The molecule has 0 N–H and O–H groups in total. The highest BCUT2D eigenvalue weighted by atomic mass is 32.1. The van der Waals surface area contributed by atoms with E-state index in [1.807, 2.05) is 38.1 Å². The minimum atomic E-state index is -0.120. The number of thiazole rings is 1. The third-order valence-corrected chi connectivity index (χ3v) is 3.66. The summed E-state index contributed by atoms with van der Waals surface area (Å²) in [6.07, 6.45) is 1.56. The van der Waals surface area contributed by atoms with Crippen LogP contribution in [0.2, 0.25) is 0 Å². The second-order valence-corrected chi connectivity index (χ2v) is 5.45. The highest BCUT2D eigenvalue weighted by Crippen LogP contribution is 2.19. The van der Waals surface area contributed by atoms with E-state index in [-0.39, 0.29) is 5.91 Å². The molecule has 0 aliphatic rings. The molecule has 0 amide bonds. The number of carbonyl (C=O) groups excluding carboxylic acids is 1. The molecule has 0 saturated heterocycles. The van der Waals surface area contributed by atoms with Crippen molar-refractivity contribution in [2.24, 2.45) is 0 Å². The van der Waals surface area contributed by atoms with Gasteiger partial charge in [0, 0.05) is 4.88 Å². The molecule has 3 rings (SSSR count). The molecular formula is C13H11N3OS. The highest BCUT2D eigenvalue weighted by Gasteiger charge is 2.17. The van der Waals surface area contributed by atoms with Crippen LogP contribution in [0, 0.1) is 13.8 Å². The van der Waals surface area contributed by atoms with Crippen LogP contribution in [0.1, 0.15) is 20.4 Å². The predicted molar refractivity (Wildman–Crippen MR) is 71.0 cm³/mol. The van der Waals surface area contributed by atoms with Crippen LogP contribution in [0.3, 0.4) is 0 Å².